The van der Waals surface area contributed by atoms with Gasteiger partial charge < -0.3 is 9.88 Å². The van der Waals surface area contributed by atoms with E-state index in [-0.39, 0.29) is 5.91 Å². The summed E-state index contributed by atoms with van der Waals surface area (Å²) < 4.78 is 3.38. The van der Waals surface area contributed by atoms with E-state index in [0.29, 0.717) is 22.6 Å². The second-order valence-corrected chi connectivity index (χ2v) is 4.95. The summed E-state index contributed by atoms with van der Waals surface area (Å²) in [6, 6.07) is 1.75. The van der Waals surface area contributed by atoms with E-state index in [1.54, 1.807) is 41.7 Å². The van der Waals surface area contributed by atoms with E-state index in [2.05, 4.69) is 30.6 Å². The van der Waals surface area contributed by atoms with Crippen molar-refractivity contribution in [2.24, 2.45) is 7.05 Å². The number of hydrogen-bond acceptors (Lipinski definition) is 5. The molecular weight excluding hydrogens is 296 g/mol. The van der Waals surface area contributed by atoms with Crippen molar-refractivity contribution in [3.63, 3.8) is 0 Å². The van der Waals surface area contributed by atoms with Crippen LogP contribution in [0.1, 0.15) is 10.4 Å². The van der Waals surface area contributed by atoms with Crippen LogP contribution in [0.25, 0.3) is 17.0 Å². The fourth-order valence-corrected chi connectivity index (χ4v) is 2.35. The highest BCUT2D eigenvalue weighted by Gasteiger charge is 2.17. The Bertz CT molecular complexity index is 995. The van der Waals surface area contributed by atoms with E-state index in [4.69, 9.17) is 0 Å². The molecule has 9 heteroatoms. The first kappa shape index (κ1) is 13.2. The molecular formula is C14H12N8O. The van der Waals surface area contributed by atoms with Crippen molar-refractivity contribution in [3.05, 3.63) is 48.9 Å². The van der Waals surface area contributed by atoms with Gasteiger partial charge in [0.2, 0.25) is 0 Å². The second kappa shape index (κ2) is 5.05. The van der Waals surface area contributed by atoms with Crippen molar-refractivity contribution in [3.8, 4) is 11.4 Å². The lowest BCUT2D eigenvalue weighted by Gasteiger charge is -2.05. The minimum atomic E-state index is -0.302. The number of aromatic nitrogens is 7. The maximum absolute atomic E-state index is 12.5. The zero-order valence-corrected chi connectivity index (χ0v) is 12.1. The topological polar surface area (TPSA) is 106 Å². The number of aromatic amines is 1. The highest BCUT2D eigenvalue weighted by Crippen LogP contribution is 2.25. The Morgan fingerprint density at radius 1 is 1.30 bits per heavy atom. The van der Waals surface area contributed by atoms with Crippen LogP contribution in [-0.4, -0.2) is 40.3 Å². The third-order valence-electron chi connectivity index (χ3n) is 3.48. The molecule has 0 radical (unpaired) electrons. The first-order valence-electron chi connectivity index (χ1n) is 6.84. The Hall–Kier alpha value is -3.49. The lowest BCUT2D eigenvalue weighted by Crippen LogP contribution is -2.12. The standard InChI is InChI=1S/C14H12N8O/c1-21-8-15-7-11(21)12-10(6-17-20-12)19-14(23)9-5-18-22-4-2-3-16-13(9)22/h2-8H,1H3,(H,17,20)(H,19,23). The smallest absolute Gasteiger partial charge is 0.261 e. The normalized spacial score (nSPS) is 11.0. The first-order chi connectivity index (χ1) is 11.2. The van der Waals surface area contributed by atoms with E-state index >= 15 is 0 Å². The summed E-state index contributed by atoms with van der Waals surface area (Å²) in [5.41, 5.74) is 2.95. The molecule has 0 spiro atoms. The van der Waals surface area contributed by atoms with Gasteiger partial charge in [-0.1, -0.05) is 0 Å². The molecule has 0 aromatic carbocycles. The largest absolute Gasteiger partial charge is 0.332 e. The SMILES string of the molecule is Cn1cncc1-c1[nH]ncc1NC(=O)c1cnn2cccnc12. The van der Waals surface area contributed by atoms with E-state index in [9.17, 15) is 4.79 Å². The number of anilines is 1. The van der Waals surface area contributed by atoms with E-state index in [0.717, 1.165) is 5.69 Å². The predicted octanol–water partition coefficient (Wildman–Crippen LogP) is 1.11. The molecule has 4 rings (SSSR count). The van der Waals surface area contributed by atoms with Crippen molar-refractivity contribution >= 4 is 17.2 Å². The van der Waals surface area contributed by atoms with E-state index in [1.807, 2.05) is 11.6 Å². The predicted molar refractivity (Wildman–Crippen MR) is 81.7 cm³/mol. The molecule has 4 aromatic heterocycles. The quantitative estimate of drug-likeness (QED) is 0.589. The molecule has 4 heterocycles. The monoisotopic (exact) mass is 308 g/mol. The van der Waals surface area contributed by atoms with Crippen LogP contribution in [0.3, 0.4) is 0 Å². The average Bonchev–Trinajstić information content (AvgIpc) is 3.26. The average molecular weight is 308 g/mol. The molecule has 0 aliphatic heterocycles. The Kier molecular flexibility index (Phi) is 2.90. The summed E-state index contributed by atoms with van der Waals surface area (Å²) in [6.07, 6.45) is 9.77. The highest BCUT2D eigenvalue weighted by molar-refractivity contribution is 6.09. The van der Waals surface area contributed by atoms with Crippen molar-refractivity contribution in [1.29, 1.82) is 0 Å². The van der Waals surface area contributed by atoms with Crippen LogP contribution in [0, 0.1) is 0 Å². The summed E-state index contributed by atoms with van der Waals surface area (Å²) >= 11 is 0. The molecule has 0 atom stereocenters. The van der Waals surface area contributed by atoms with Gasteiger partial charge in [0.25, 0.3) is 5.91 Å². The number of nitrogens with one attached hydrogen (secondary N) is 2. The minimum absolute atomic E-state index is 0.302. The van der Waals surface area contributed by atoms with Crippen LogP contribution in [0.2, 0.25) is 0 Å². The van der Waals surface area contributed by atoms with Gasteiger partial charge in [0, 0.05) is 19.4 Å². The number of aryl methyl sites for hydroxylation is 1. The lowest BCUT2D eigenvalue weighted by molar-refractivity contribution is 0.102. The van der Waals surface area contributed by atoms with Gasteiger partial charge in [0.1, 0.15) is 11.3 Å². The molecule has 23 heavy (non-hydrogen) atoms. The van der Waals surface area contributed by atoms with Gasteiger partial charge in [-0.25, -0.2) is 14.5 Å². The number of fused-ring (bicyclic) bond motifs is 1. The molecule has 0 saturated heterocycles. The fraction of sp³-hybridized carbons (Fsp3) is 0.0714. The molecule has 1 amide bonds. The number of carbonyl (C=O) groups is 1. The summed E-state index contributed by atoms with van der Waals surface area (Å²) in [6.45, 7) is 0. The summed E-state index contributed by atoms with van der Waals surface area (Å²) in [4.78, 5) is 20.8. The van der Waals surface area contributed by atoms with Gasteiger partial charge in [-0.05, 0) is 6.07 Å². The molecule has 2 N–H and O–H groups in total. The van der Waals surface area contributed by atoms with Crippen molar-refractivity contribution in [2.45, 2.75) is 0 Å². The van der Waals surface area contributed by atoms with Crippen LogP contribution in [0.4, 0.5) is 5.69 Å². The Labute approximate surface area is 130 Å². The minimum Gasteiger partial charge on any atom is -0.332 e. The maximum atomic E-state index is 12.5. The molecule has 0 unspecified atom stereocenters. The van der Waals surface area contributed by atoms with Crippen LogP contribution < -0.4 is 5.32 Å². The number of amides is 1. The van der Waals surface area contributed by atoms with Gasteiger partial charge in [0.15, 0.2) is 5.65 Å². The van der Waals surface area contributed by atoms with Gasteiger partial charge in [-0.15, -0.1) is 0 Å². The molecule has 114 valence electrons. The fourth-order valence-electron chi connectivity index (χ4n) is 2.35. The lowest BCUT2D eigenvalue weighted by atomic mass is 10.2. The third-order valence-corrected chi connectivity index (χ3v) is 3.48. The Balaban J connectivity index is 1.68. The van der Waals surface area contributed by atoms with Crippen molar-refractivity contribution in [1.82, 2.24) is 34.3 Å². The second-order valence-electron chi connectivity index (χ2n) is 4.95. The molecule has 9 nitrogen and oxygen atoms in total. The molecule has 0 aliphatic rings. The molecule has 0 aliphatic carbocycles. The summed E-state index contributed by atoms with van der Waals surface area (Å²) in [7, 11) is 1.87. The van der Waals surface area contributed by atoms with E-state index < -0.39 is 0 Å². The van der Waals surface area contributed by atoms with Crippen LogP contribution >= 0.6 is 0 Å². The molecule has 4 aromatic rings. The number of carbonyl (C=O) groups excluding carboxylic acids is 1. The summed E-state index contributed by atoms with van der Waals surface area (Å²) in [5.74, 6) is -0.302. The van der Waals surface area contributed by atoms with Gasteiger partial charge >= 0.3 is 0 Å². The van der Waals surface area contributed by atoms with Crippen molar-refractivity contribution < 1.29 is 4.79 Å². The van der Waals surface area contributed by atoms with Crippen LogP contribution in [-0.2, 0) is 7.05 Å². The Morgan fingerprint density at radius 2 is 2.22 bits per heavy atom. The molecule has 0 saturated carbocycles. The maximum Gasteiger partial charge on any atom is 0.261 e. The number of rotatable bonds is 3. The van der Waals surface area contributed by atoms with E-state index in [1.165, 1.54) is 6.20 Å². The zero-order chi connectivity index (χ0) is 15.8. The van der Waals surface area contributed by atoms with Gasteiger partial charge in [-0.2, -0.15) is 10.2 Å². The third kappa shape index (κ3) is 2.14. The number of nitrogens with zero attached hydrogens (tertiary/aromatic N) is 6. The number of hydrogen-bond donors (Lipinski definition) is 2. The van der Waals surface area contributed by atoms with Gasteiger partial charge in [-0.3, -0.25) is 9.89 Å². The van der Waals surface area contributed by atoms with Crippen LogP contribution in [0.15, 0.2) is 43.4 Å². The number of imidazole rings is 1. The molecule has 0 fully saturated rings. The first-order valence-corrected chi connectivity index (χ1v) is 6.84. The van der Waals surface area contributed by atoms with Gasteiger partial charge in [0.05, 0.1) is 36.3 Å². The zero-order valence-electron chi connectivity index (χ0n) is 12.1. The van der Waals surface area contributed by atoms with Crippen molar-refractivity contribution in [2.75, 3.05) is 5.32 Å². The van der Waals surface area contributed by atoms with Crippen LogP contribution in [0.5, 0.6) is 0 Å². The highest BCUT2D eigenvalue weighted by atomic mass is 16.1. The summed E-state index contributed by atoms with van der Waals surface area (Å²) in [5, 5.41) is 13.8. The Morgan fingerprint density at radius 3 is 3.04 bits per heavy atom. The molecule has 0 bridgehead atoms. The number of H-pyrrole nitrogens is 1.